The van der Waals surface area contributed by atoms with Crippen LogP contribution < -0.4 is 5.32 Å². The fourth-order valence-electron chi connectivity index (χ4n) is 2.55. The van der Waals surface area contributed by atoms with Crippen LogP contribution in [-0.4, -0.2) is 26.3 Å². The van der Waals surface area contributed by atoms with Crippen LogP contribution in [0, 0.1) is 0 Å². The molecule has 27 heavy (non-hydrogen) atoms. The van der Waals surface area contributed by atoms with Crippen LogP contribution in [0.4, 0.5) is 11.8 Å². The quantitative estimate of drug-likeness (QED) is 0.503. The number of anilines is 1. The first-order chi connectivity index (χ1) is 12.2. The SMILES string of the molecule is Cl.Cl.Oc1nc(NCc2ccc(Br)cc2)[nH]c1C=C1C=Nc2ncccc21. The molecule has 3 heterocycles. The van der Waals surface area contributed by atoms with Crippen molar-refractivity contribution in [3.8, 4) is 5.88 Å². The predicted molar refractivity (Wildman–Crippen MR) is 116 cm³/mol. The van der Waals surface area contributed by atoms with Crippen LogP contribution in [0.1, 0.15) is 16.8 Å². The molecule has 0 saturated carbocycles. The van der Waals surface area contributed by atoms with E-state index in [1.54, 1.807) is 12.4 Å². The third kappa shape index (κ3) is 4.68. The van der Waals surface area contributed by atoms with E-state index in [4.69, 9.17) is 0 Å². The first-order valence-electron chi connectivity index (χ1n) is 7.67. The lowest BCUT2D eigenvalue weighted by Gasteiger charge is -2.02. The zero-order chi connectivity index (χ0) is 17.2. The van der Waals surface area contributed by atoms with Crippen LogP contribution in [-0.2, 0) is 6.54 Å². The summed E-state index contributed by atoms with van der Waals surface area (Å²) in [4.78, 5) is 15.7. The van der Waals surface area contributed by atoms with Gasteiger partial charge in [-0.1, -0.05) is 28.1 Å². The second-order valence-electron chi connectivity index (χ2n) is 5.54. The van der Waals surface area contributed by atoms with E-state index in [-0.39, 0.29) is 30.7 Å². The maximum absolute atomic E-state index is 10.1. The maximum Gasteiger partial charge on any atom is 0.238 e. The number of H-pyrrole nitrogens is 1. The van der Waals surface area contributed by atoms with Crippen LogP contribution in [0.15, 0.2) is 52.1 Å². The van der Waals surface area contributed by atoms with E-state index in [9.17, 15) is 5.11 Å². The number of nitrogens with one attached hydrogen (secondary N) is 2. The molecule has 0 amide bonds. The number of fused-ring (bicyclic) bond motifs is 1. The third-order valence-electron chi connectivity index (χ3n) is 3.81. The average molecular weight is 469 g/mol. The number of benzene rings is 1. The molecule has 0 radical (unpaired) electrons. The number of aromatic hydroxyl groups is 1. The fraction of sp³-hybridized carbons (Fsp3) is 0.0556. The van der Waals surface area contributed by atoms with Crippen LogP contribution in [0.5, 0.6) is 5.88 Å². The van der Waals surface area contributed by atoms with Gasteiger partial charge in [0.25, 0.3) is 0 Å². The van der Waals surface area contributed by atoms with Crippen molar-refractivity contribution in [2.75, 3.05) is 5.32 Å². The van der Waals surface area contributed by atoms with Gasteiger partial charge in [0.2, 0.25) is 11.8 Å². The van der Waals surface area contributed by atoms with Gasteiger partial charge in [0.05, 0.1) is 0 Å². The molecule has 6 nitrogen and oxygen atoms in total. The van der Waals surface area contributed by atoms with Gasteiger partial charge in [-0.2, -0.15) is 4.98 Å². The Hall–Kier alpha value is -2.35. The van der Waals surface area contributed by atoms with Gasteiger partial charge in [0, 0.05) is 34.6 Å². The Morgan fingerprint density at radius 2 is 1.93 bits per heavy atom. The van der Waals surface area contributed by atoms with Crippen LogP contribution in [0.2, 0.25) is 0 Å². The van der Waals surface area contributed by atoms with Crippen molar-refractivity contribution in [2.24, 2.45) is 4.99 Å². The van der Waals surface area contributed by atoms with Crippen molar-refractivity contribution in [1.82, 2.24) is 15.0 Å². The molecule has 0 spiro atoms. The van der Waals surface area contributed by atoms with Crippen molar-refractivity contribution < 1.29 is 5.11 Å². The van der Waals surface area contributed by atoms with E-state index in [0.29, 0.717) is 24.0 Å². The summed E-state index contributed by atoms with van der Waals surface area (Å²) in [6, 6.07) is 11.8. The molecule has 3 aromatic rings. The number of rotatable bonds is 4. The number of nitrogens with zero attached hydrogens (tertiary/aromatic N) is 3. The van der Waals surface area contributed by atoms with Crippen molar-refractivity contribution in [3.05, 3.63) is 63.9 Å². The normalized spacial score (nSPS) is 13.0. The summed E-state index contributed by atoms with van der Waals surface area (Å²) in [5.41, 5.74) is 3.45. The smallest absolute Gasteiger partial charge is 0.238 e. The second-order valence-corrected chi connectivity index (χ2v) is 6.45. The van der Waals surface area contributed by atoms with E-state index < -0.39 is 0 Å². The molecule has 1 aromatic carbocycles. The molecule has 4 rings (SSSR count). The van der Waals surface area contributed by atoms with Gasteiger partial charge in [-0.25, -0.2) is 9.98 Å². The van der Waals surface area contributed by atoms with Crippen LogP contribution in [0.25, 0.3) is 11.6 Å². The molecule has 0 fully saturated rings. The first kappa shape index (κ1) is 21.0. The zero-order valence-corrected chi connectivity index (χ0v) is 17.1. The highest BCUT2D eigenvalue weighted by molar-refractivity contribution is 9.10. The summed E-state index contributed by atoms with van der Waals surface area (Å²) in [7, 11) is 0. The number of allylic oxidation sites excluding steroid dienone is 1. The average Bonchev–Trinajstić information content (AvgIpc) is 3.19. The number of hydrogen-bond acceptors (Lipinski definition) is 5. The molecule has 0 saturated heterocycles. The van der Waals surface area contributed by atoms with Gasteiger partial charge in [0.1, 0.15) is 5.69 Å². The molecule has 1 aliphatic rings. The lowest BCUT2D eigenvalue weighted by Crippen LogP contribution is -2.00. The van der Waals surface area contributed by atoms with Crippen LogP contribution >= 0.6 is 40.7 Å². The minimum Gasteiger partial charge on any atom is -0.492 e. The topological polar surface area (TPSA) is 86.2 Å². The molecule has 2 aromatic heterocycles. The van der Waals surface area contributed by atoms with Gasteiger partial charge in [-0.05, 0) is 35.9 Å². The van der Waals surface area contributed by atoms with Gasteiger partial charge >= 0.3 is 0 Å². The van der Waals surface area contributed by atoms with Crippen LogP contribution in [0.3, 0.4) is 0 Å². The van der Waals surface area contributed by atoms with E-state index >= 15 is 0 Å². The third-order valence-corrected chi connectivity index (χ3v) is 4.34. The molecular formula is C18H16BrCl2N5O. The molecule has 0 atom stereocenters. The zero-order valence-electron chi connectivity index (χ0n) is 13.9. The Labute approximate surface area is 176 Å². The number of pyridine rings is 1. The lowest BCUT2D eigenvalue weighted by atomic mass is 10.1. The summed E-state index contributed by atoms with van der Waals surface area (Å²) in [5.74, 6) is 1.13. The Balaban J connectivity index is 0.00000131. The molecule has 1 aliphatic heterocycles. The van der Waals surface area contributed by atoms with Crippen molar-refractivity contribution in [3.63, 3.8) is 0 Å². The highest BCUT2D eigenvalue weighted by Crippen LogP contribution is 2.31. The number of halogens is 3. The Kier molecular flexibility index (Phi) is 7.01. The fourth-order valence-corrected chi connectivity index (χ4v) is 2.81. The van der Waals surface area contributed by atoms with E-state index in [1.165, 1.54) is 0 Å². The molecule has 140 valence electrons. The van der Waals surface area contributed by atoms with E-state index in [0.717, 1.165) is 21.2 Å². The van der Waals surface area contributed by atoms with Gasteiger partial charge in [-0.3, -0.25) is 0 Å². The van der Waals surface area contributed by atoms with Gasteiger partial charge in [0.15, 0.2) is 5.82 Å². The largest absolute Gasteiger partial charge is 0.492 e. The number of aromatic amines is 1. The van der Waals surface area contributed by atoms with Crippen molar-refractivity contribution in [2.45, 2.75) is 6.54 Å². The monoisotopic (exact) mass is 467 g/mol. The number of imidazole rings is 1. The van der Waals surface area contributed by atoms with E-state index in [1.807, 2.05) is 42.5 Å². The van der Waals surface area contributed by atoms with Crippen molar-refractivity contribution in [1.29, 1.82) is 0 Å². The van der Waals surface area contributed by atoms with Gasteiger partial charge in [-0.15, -0.1) is 24.8 Å². The second kappa shape index (κ2) is 9.03. The number of hydrogen-bond donors (Lipinski definition) is 3. The summed E-state index contributed by atoms with van der Waals surface area (Å²) in [6.45, 7) is 0.602. The Morgan fingerprint density at radius 3 is 2.70 bits per heavy atom. The minimum absolute atomic E-state index is 0. The highest BCUT2D eigenvalue weighted by atomic mass is 79.9. The maximum atomic E-state index is 10.1. The molecule has 9 heteroatoms. The van der Waals surface area contributed by atoms with Crippen molar-refractivity contribution >= 4 is 70.4 Å². The summed E-state index contributed by atoms with van der Waals surface area (Å²) in [6.07, 6.45) is 5.24. The highest BCUT2D eigenvalue weighted by Gasteiger charge is 2.14. The molecule has 0 aliphatic carbocycles. The Bertz CT molecular complexity index is 986. The minimum atomic E-state index is -0.0588. The Morgan fingerprint density at radius 1 is 1.15 bits per heavy atom. The molecule has 0 unspecified atom stereocenters. The molecular weight excluding hydrogens is 453 g/mol. The molecule has 0 bridgehead atoms. The lowest BCUT2D eigenvalue weighted by molar-refractivity contribution is 0.455. The summed E-state index contributed by atoms with van der Waals surface area (Å²) in [5, 5.41) is 13.2. The predicted octanol–water partition coefficient (Wildman–Crippen LogP) is 4.99. The molecule has 3 N–H and O–H groups in total. The number of aromatic nitrogens is 3. The van der Waals surface area contributed by atoms with E-state index in [2.05, 4.69) is 41.2 Å². The summed E-state index contributed by atoms with van der Waals surface area (Å²) >= 11 is 3.41. The standard InChI is InChI=1S/C18H14BrN5O.2ClH/c19-13-5-3-11(4-6-13)9-22-18-23-15(17(25)24-18)8-12-10-21-16-14(12)2-1-7-20-16;;/h1-8,10,25H,9H2,(H2,22,23,24);2*1H. The number of aliphatic imine (C=N–C) groups is 1. The van der Waals surface area contributed by atoms with Gasteiger partial charge < -0.3 is 15.4 Å². The first-order valence-corrected chi connectivity index (χ1v) is 8.47. The summed E-state index contributed by atoms with van der Waals surface area (Å²) < 4.78 is 1.04.